The molecular formula is C27H28. The number of allylic oxidation sites excluding steroid dienone is 2. The van der Waals surface area contributed by atoms with Gasteiger partial charge >= 0.3 is 0 Å². The second-order valence-corrected chi connectivity index (χ2v) is 8.77. The van der Waals surface area contributed by atoms with Gasteiger partial charge in [-0.2, -0.15) is 0 Å². The van der Waals surface area contributed by atoms with E-state index < -0.39 is 0 Å². The van der Waals surface area contributed by atoms with Crippen LogP contribution in [0.3, 0.4) is 0 Å². The first kappa shape index (κ1) is 16.8. The number of aryl methyl sites for hydroxylation is 2. The zero-order valence-corrected chi connectivity index (χ0v) is 16.4. The van der Waals surface area contributed by atoms with Crippen LogP contribution in [0.4, 0.5) is 0 Å². The van der Waals surface area contributed by atoms with Crippen LogP contribution in [0, 0.1) is 11.8 Å². The summed E-state index contributed by atoms with van der Waals surface area (Å²) in [6.45, 7) is 4.75. The fourth-order valence-corrected chi connectivity index (χ4v) is 5.21. The first-order chi connectivity index (χ1) is 13.2. The van der Waals surface area contributed by atoms with Crippen LogP contribution in [0.2, 0.25) is 0 Å². The summed E-state index contributed by atoms with van der Waals surface area (Å²) in [5, 5.41) is 2.70. The van der Waals surface area contributed by atoms with Gasteiger partial charge in [0.15, 0.2) is 0 Å². The summed E-state index contributed by atoms with van der Waals surface area (Å²) in [7, 11) is 0. The van der Waals surface area contributed by atoms with Gasteiger partial charge in [-0.3, -0.25) is 0 Å². The Labute approximate surface area is 162 Å². The molecule has 2 unspecified atom stereocenters. The Morgan fingerprint density at radius 2 is 1.63 bits per heavy atom. The smallest absolute Gasteiger partial charge is 0.00556 e. The molecule has 0 N–H and O–H groups in total. The van der Waals surface area contributed by atoms with Gasteiger partial charge in [0, 0.05) is 0 Å². The summed E-state index contributed by atoms with van der Waals surface area (Å²) in [6, 6.07) is 23.1. The average molecular weight is 353 g/mol. The minimum absolute atomic E-state index is 0.595. The van der Waals surface area contributed by atoms with Crippen molar-refractivity contribution < 1.29 is 0 Å². The third-order valence-corrected chi connectivity index (χ3v) is 6.74. The second-order valence-electron chi connectivity index (χ2n) is 8.77. The lowest BCUT2D eigenvalue weighted by atomic mass is 9.81. The van der Waals surface area contributed by atoms with Crippen LogP contribution >= 0.6 is 0 Å². The summed E-state index contributed by atoms with van der Waals surface area (Å²) >= 11 is 0. The summed E-state index contributed by atoms with van der Waals surface area (Å²) in [5.74, 6) is 1.88. The van der Waals surface area contributed by atoms with E-state index in [1.165, 1.54) is 47.6 Å². The summed E-state index contributed by atoms with van der Waals surface area (Å²) < 4.78 is 0. The quantitative estimate of drug-likeness (QED) is 0.468. The Balaban J connectivity index is 1.50. The molecule has 0 saturated heterocycles. The molecule has 0 spiro atoms. The molecule has 3 aromatic carbocycles. The van der Waals surface area contributed by atoms with Crippen LogP contribution in [0.1, 0.15) is 54.9 Å². The van der Waals surface area contributed by atoms with Gasteiger partial charge in [-0.15, -0.1) is 0 Å². The summed E-state index contributed by atoms with van der Waals surface area (Å²) in [6.07, 6.45) is 7.61. The second kappa shape index (κ2) is 6.68. The van der Waals surface area contributed by atoms with Crippen molar-refractivity contribution in [1.29, 1.82) is 0 Å². The van der Waals surface area contributed by atoms with E-state index in [1.807, 2.05) is 0 Å². The molecule has 0 fully saturated rings. The van der Waals surface area contributed by atoms with E-state index in [-0.39, 0.29) is 0 Å². The molecule has 0 amide bonds. The van der Waals surface area contributed by atoms with Crippen molar-refractivity contribution in [3.63, 3.8) is 0 Å². The van der Waals surface area contributed by atoms with Crippen molar-refractivity contribution in [3.8, 4) is 0 Å². The molecule has 0 bridgehead atoms. The van der Waals surface area contributed by atoms with Crippen LogP contribution in [0.15, 0.2) is 66.7 Å². The zero-order chi connectivity index (χ0) is 18.4. The van der Waals surface area contributed by atoms with Crippen LogP contribution < -0.4 is 0 Å². The Hall–Kier alpha value is -2.34. The van der Waals surface area contributed by atoms with Gasteiger partial charge in [-0.25, -0.2) is 0 Å². The van der Waals surface area contributed by atoms with Crippen molar-refractivity contribution in [2.24, 2.45) is 11.8 Å². The molecule has 5 rings (SSSR count). The van der Waals surface area contributed by atoms with Gasteiger partial charge in [-0.05, 0) is 82.0 Å². The SMILES string of the molecule is CC(C)C1C=C(c2ccc3c(c2)CCC3)CC1c1ccc2ccccc2c1. The van der Waals surface area contributed by atoms with E-state index in [4.69, 9.17) is 0 Å². The minimum Gasteiger partial charge on any atom is -0.0767 e. The molecule has 0 radical (unpaired) electrons. The Kier molecular flexibility index (Phi) is 4.16. The maximum absolute atomic E-state index is 2.58. The predicted octanol–water partition coefficient (Wildman–Crippen LogP) is 7.17. The lowest BCUT2D eigenvalue weighted by molar-refractivity contribution is 0.409. The minimum atomic E-state index is 0.595. The number of fused-ring (bicyclic) bond motifs is 2. The van der Waals surface area contributed by atoms with E-state index >= 15 is 0 Å². The maximum Gasteiger partial charge on any atom is -0.00556 e. The number of hydrogen-bond donors (Lipinski definition) is 0. The van der Waals surface area contributed by atoms with E-state index in [0.29, 0.717) is 17.8 Å². The van der Waals surface area contributed by atoms with Gasteiger partial charge in [0.2, 0.25) is 0 Å². The highest BCUT2D eigenvalue weighted by molar-refractivity contribution is 5.83. The highest BCUT2D eigenvalue weighted by Crippen LogP contribution is 2.46. The van der Waals surface area contributed by atoms with Crippen LogP contribution in [-0.4, -0.2) is 0 Å². The molecule has 0 aliphatic heterocycles. The monoisotopic (exact) mass is 352 g/mol. The normalized spacial score (nSPS) is 21.7. The largest absolute Gasteiger partial charge is 0.0767 e. The van der Waals surface area contributed by atoms with Crippen LogP contribution in [0.25, 0.3) is 16.3 Å². The summed E-state index contributed by atoms with van der Waals surface area (Å²) in [4.78, 5) is 0. The van der Waals surface area contributed by atoms with Gasteiger partial charge in [0.1, 0.15) is 0 Å². The Morgan fingerprint density at radius 1 is 0.815 bits per heavy atom. The molecule has 0 aromatic heterocycles. The lowest BCUT2D eigenvalue weighted by Crippen LogP contribution is -2.12. The fraction of sp³-hybridized carbons (Fsp3) is 0.333. The molecular weight excluding hydrogens is 324 g/mol. The molecule has 0 heteroatoms. The summed E-state index contributed by atoms with van der Waals surface area (Å²) in [5.41, 5.74) is 7.68. The predicted molar refractivity (Wildman–Crippen MR) is 116 cm³/mol. The topological polar surface area (TPSA) is 0 Å². The molecule has 0 nitrogen and oxygen atoms in total. The van der Waals surface area contributed by atoms with Gasteiger partial charge in [0.25, 0.3) is 0 Å². The van der Waals surface area contributed by atoms with Crippen molar-refractivity contribution in [1.82, 2.24) is 0 Å². The first-order valence-corrected chi connectivity index (χ1v) is 10.5. The third kappa shape index (κ3) is 3.02. The molecule has 2 atom stereocenters. The first-order valence-electron chi connectivity index (χ1n) is 10.5. The van der Waals surface area contributed by atoms with Crippen LogP contribution in [-0.2, 0) is 12.8 Å². The van der Waals surface area contributed by atoms with Crippen molar-refractivity contribution in [3.05, 3.63) is 89.0 Å². The molecule has 0 saturated carbocycles. The lowest BCUT2D eigenvalue weighted by Gasteiger charge is -2.23. The van der Waals surface area contributed by atoms with Crippen molar-refractivity contribution in [2.45, 2.75) is 45.4 Å². The van der Waals surface area contributed by atoms with Gasteiger partial charge in [-0.1, -0.05) is 80.6 Å². The number of benzene rings is 3. The molecule has 2 aliphatic carbocycles. The molecule has 3 aromatic rings. The van der Waals surface area contributed by atoms with E-state index in [2.05, 4.69) is 80.6 Å². The fourth-order valence-electron chi connectivity index (χ4n) is 5.21. The maximum atomic E-state index is 2.58. The highest BCUT2D eigenvalue weighted by atomic mass is 14.4. The van der Waals surface area contributed by atoms with Gasteiger partial charge in [0.05, 0.1) is 0 Å². The highest BCUT2D eigenvalue weighted by Gasteiger charge is 2.31. The van der Waals surface area contributed by atoms with E-state index in [1.54, 1.807) is 16.7 Å². The Bertz CT molecular complexity index is 1020. The molecule has 2 aliphatic rings. The number of rotatable bonds is 3. The number of hydrogen-bond acceptors (Lipinski definition) is 0. The zero-order valence-electron chi connectivity index (χ0n) is 16.4. The third-order valence-electron chi connectivity index (χ3n) is 6.74. The van der Waals surface area contributed by atoms with Crippen molar-refractivity contribution >= 4 is 16.3 Å². The standard InChI is InChI=1S/C27H28/c1-18(2)26-16-25(23-12-10-20-8-5-9-22(20)14-23)17-27(26)24-13-11-19-6-3-4-7-21(19)15-24/h3-4,6-7,10-16,18,26-27H,5,8-9,17H2,1-2H3. The van der Waals surface area contributed by atoms with E-state index in [9.17, 15) is 0 Å². The molecule has 27 heavy (non-hydrogen) atoms. The molecule has 0 heterocycles. The van der Waals surface area contributed by atoms with Gasteiger partial charge < -0.3 is 0 Å². The average Bonchev–Trinajstić information content (AvgIpc) is 3.34. The van der Waals surface area contributed by atoms with E-state index in [0.717, 1.165) is 0 Å². The Morgan fingerprint density at radius 3 is 2.48 bits per heavy atom. The van der Waals surface area contributed by atoms with Crippen LogP contribution in [0.5, 0.6) is 0 Å². The van der Waals surface area contributed by atoms with Crippen molar-refractivity contribution in [2.75, 3.05) is 0 Å². The molecule has 136 valence electrons.